The number of aromatic nitrogens is 4. The standard InChI is InChI=1S/C14H6Br10N4/c15-9-10(16,12(19,20)14(23,24)13(21,22)11(9,17)18)8-7(25-27-28-26-8)6-4-2-1-3-5-6/h1-5,9H. The van der Waals surface area contributed by atoms with Crippen molar-refractivity contribution in [3.05, 3.63) is 36.0 Å². The zero-order valence-electron chi connectivity index (χ0n) is 13.0. The minimum absolute atomic E-state index is 0.325. The first-order valence-electron chi connectivity index (χ1n) is 7.20. The summed E-state index contributed by atoms with van der Waals surface area (Å²) in [5.41, 5.74) is 2.04. The first-order chi connectivity index (χ1) is 12.7. The first-order valence-corrected chi connectivity index (χ1v) is 15.3. The fourth-order valence-corrected chi connectivity index (χ4v) is 14.1. The van der Waals surface area contributed by atoms with Gasteiger partial charge in [-0.3, -0.25) is 0 Å². The van der Waals surface area contributed by atoms with Gasteiger partial charge in [0.2, 0.25) is 0 Å². The van der Waals surface area contributed by atoms with Gasteiger partial charge in [-0.1, -0.05) is 190 Å². The molecule has 1 saturated carbocycles. The molecule has 3 rings (SSSR count). The number of hydrogen-bond donors (Lipinski definition) is 0. The van der Waals surface area contributed by atoms with Gasteiger partial charge in [0.1, 0.15) is 28.6 Å². The second-order valence-electron chi connectivity index (χ2n) is 5.86. The Hall–Kier alpha value is 2.96. The van der Waals surface area contributed by atoms with Crippen LogP contribution in [0.25, 0.3) is 11.3 Å². The maximum Gasteiger partial charge on any atom is 0.134 e. The summed E-state index contributed by atoms with van der Waals surface area (Å²) in [5, 5.41) is 16.3. The van der Waals surface area contributed by atoms with E-state index in [-0.39, 0.29) is 4.83 Å². The molecule has 28 heavy (non-hydrogen) atoms. The third-order valence-electron chi connectivity index (χ3n) is 4.28. The van der Waals surface area contributed by atoms with E-state index in [4.69, 9.17) is 0 Å². The number of rotatable bonds is 2. The van der Waals surface area contributed by atoms with Crippen LogP contribution in [0, 0.1) is 0 Å². The largest absolute Gasteiger partial charge is 0.134 e. The quantitative estimate of drug-likeness (QED) is 0.285. The van der Waals surface area contributed by atoms with Gasteiger partial charge < -0.3 is 0 Å². The molecule has 0 radical (unpaired) electrons. The van der Waals surface area contributed by atoms with Crippen LogP contribution < -0.4 is 0 Å². The molecule has 1 aliphatic rings. The third-order valence-corrected chi connectivity index (χ3v) is 25.7. The van der Waals surface area contributed by atoms with Gasteiger partial charge in [0.25, 0.3) is 0 Å². The van der Waals surface area contributed by atoms with E-state index in [1.54, 1.807) is 0 Å². The van der Waals surface area contributed by atoms with Crippen LogP contribution in [0.15, 0.2) is 30.3 Å². The van der Waals surface area contributed by atoms with Crippen molar-refractivity contribution in [3.63, 3.8) is 0 Å². The summed E-state index contributed by atoms with van der Waals surface area (Å²) in [6, 6.07) is 9.71. The van der Waals surface area contributed by atoms with Crippen LogP contribution >= 0.6 is 159 Å². The topological polar surface area (TPSA) is 51.6 Å². The summed E-state index contributed by atoms with van der Waals surface area (Å²) in [7, 11) is 0. The Bertz CT molecular complexity index is 891. The molecule has 0 N–H and O–H groups in total. The van der Waals surface area contributed by atoms with Crippen LogP contribution in [0.2, 0.25) is 0 Å². The van der Waals surface area contributed by atoms with Gasteiger partial charge in [0.05, 0.1) is 4.83 Å². The van der Waals surface area contributed by atoms with Gasteiger partial charge in [0, 0.05) is 5.56 Å². The Balaban J connectivity index is 2.36. The summed E-state index contributed by atoms with van der Waals surface area (Å²) in [6.07, 6.45) is 0. The molecular weight excluding hydrogens is 1020 g/mol. The number of benzene rings is 1. The normalized spacial score (nSPS) is 30.0. The molecule has 1 heterocycles. The Morgan fingerprint density at radius 1 is 0.679 bits per heavy atom. The molecule has 1 aromatic heterocycles. The van der Waals surface area contributed by atoms with Crippen molar-refractivity contribution in [1.29, 1.82) is 0 Å². The van der Waals surface area contributed by atoms with E-state index in [2.05, 4.69) is 180 Å². The lowest BCUT2D eigenvalue weighted by Crippen LogP contribution is -2.73. The maximum atomic E-state index is 4.40. The average molecular weight is 1030 g/mol. The number of halogens is 10. The highest BCUT2D eigenvalue weighted by Crippen LogP contribution is 2.79. The van der Waals surface area contributed by atoms with E-state index in [1.165, 1.54) is 0 Å². The van der Waals surface area contributed by atoms with E-state index < -0.39 is 17.3 Å². The molecule has 0 aliphatic heterocycles. The number of alkyl halides is 10. The molecule has 0 bridgehead atoms. The van der Waals surface area contributed by atoms with Crippen LogP contribution in [0.4, 0.5) is 0 Å². The zero-order valence-corrected chi connectivity index (χ0v) is 28.9. The molecular formula is C14H6Br10N4. The monoisotopic (exact) mass is 1020 g/mol. The average Bonchev–Trinajstić information content (AvgIpc) is 2.66. The lowest BCUT2D eigenvalue weighted by molar-refractivity contribution is 0.415. The van der Waals surface area contributed by atoms with E-state index >= 15 is 0 Å². The minimum Gasteiger partial charge on any atom is -0.130 e. The fraction of sp³-hybridized carbons (Fsp3) is 0.429. The molecule has 152 valence electrons. The number of hydrogen-bond acceptors (Lipinski definition) is 4. The maximum absolute atomic E-state index is 4.40. The van der Waals surface area contributed by atoms with E-state index in [1.807, 2.05) is 30.3 Å². The molecule has 0 saturated heterocycles. The SMILES string of the molecule is BrC1C(Br)(Br)C(Br)(Br)C(Br)(Br)C(Br)(Br)C1(Br)c1nnnnc1-c1ccccc1. The molecule has 1 aromatic carbocycles. The Kier molecular flexibility index (Phi) is 7.88. The minimum atomic E-state index is -0.918. The summed E-state index contributed by atoms with van der Waals surface area (Å²) in [4.78, 5) is -0.325. The highest BCUT2D eigenvalue weighted by Gasteiger charge is 2.80. The van der Waals surface area contributed by atoms with Gasteiger partial charge in [-0.25, -0.2) is 0 Å². The van der Waals surface area contributed by atoms with Crippen molar-refractivity contribution in [1.82, 2.24) is 20.6 Å². The highest BCUT2D eigenvalue weighted by atomic mass is 79.9. The number of nitrogens with zero attached hydrogens (tertiary/aromatic N) is 4. The Morgan fingerprint density at radius 2 is 1.21 bits per heavy atom. The molecule has 1 fully saturated rings. The van der Waals surface area contributed by atoms with Gasteiger partial charge in [-0.2, -0.15) is 0 Å². The van der Waals surface area contributed by atoms with Crippen molar-refractivity contribution >= 4 is 159 Å². The second-order valence-corrected chi connectivity index (χ2v) is 21.9. The summed E-state index contributed by atoms with van der Waals surface area (Å²) in [5.74, 6) is 0. The third kappa shape index (κ3) is 3.54. The van der Waals surface area contributed by atoms with Crippen molar-refractivity contribution in [2.45, 2.75) is 22.1 Å². The summed E-state index contributed by atoms with van der Waals surface area (Å²) in [6.45, 7) is 0. The van der Waals surface area contributed by atoms with Crippen molar-refractivity contribution in [2.75, 3.05) is 0 Å². The van der Waals surface area contributed by atoms with Crippen LogP contribution in [0.5, 0.6) is 0 Å². The summed E-state index contributed by atoms with van der Waals surface area (Å²) >= 11 is 38.5. The van der Waals surface area contributed by atoms with Crippen molar-refractivity contribution < 1.29 is 0 Å². The molecule has 1 aliphatic carbocycles. The van der Waals surface area contributed by atoms with Crippen molar-refractivity contribution in [3.8, 4) is 11.3 Å². The fourth-order valence-electron chi connectivity index (χ4n) is 2.73. The molecule has 2 unspecified atom stereocenters. The molecule has 0 spiro atoms. The van der Waals surface area contributed by atoms with Crippen LogP contribution in [0.1, 0.15) is 5.69 Å². The zero-order chi connectivity index (χ0) is 21.2. The predicted molar refractivity (Wildman–Crippen MR) is 149 cm³/mol. The van der Waals surface area contributed by atoms with Gasteiger partial charge in [-0.05, 0) is 10.4 Å². The summed E-state index contributed by atoms with van der Waals surface area (Å²) < 4.78 is -4.13. The Labute approximate surface area is 245 Å². The van der Waals surface area contributed by atoms with Crippen LogP contribution in [-0.4, -0.2) is 38.4 Å². The molecule has 14 heteroatoms. The molecule has 2 atom stereocenters. The molecule has 2 aromatic rings. The smallest absolute Gasteiger partial charge is 0.130 e. The lowest BCUT2D eigenvalue weighted by atomic mass is 9.83. The van der Waals surface area contributed by atoms with Gasteiger partial charge in [-0.15, -0.1) is 10.2 Å². The van der Waals surface area contributed by atoms with Gasteiger partial charge >= 0.3 is 0 Å². The van der Waals surface area contributed by atoms with Gasteiger partial charge in [0.15, 0.2) is 0 Å². The van der Waals surface area contributed by atoms with Crippen LogP contribution in [0.3, 0.4) is 0 Å². The van der Waals surface area contributed by atoms with E-state index in [0.29, 0.717) is 11.4 Å². The van der Waals surface area contributed by atoms with Crippen molar-refractivity contribution in [2.24, 2.45) is 0 Å². The Morgan fingerprint density at radius 3 is 1.79 bits per heavy atom. The highest BCUT2D eigenvalue weighted by molar-refractivity contribution is 9.35. The second kappa shape index (κ2) is 8.63. The van der Waals surface area contributed by atoms with E-state index in [0.717, 1.165) is 5.56 Å². The predicted octanol–water partition coefficient (Wildman–Crippen LogP) is 8.25. The molecule has 4 nitrogen and oxygen atoms in total. The van der Waals surface area contributed by atoms with E-state index in [9.17, 15) is 0 Å². The first kappa shape index (κ1) is 25.6. The van der Waals surface area contributed by atoms with Crippen LogP contribution in [-0.2, 0) is 4.32 Å². The molecule has 0 amide bonds. The lowest BCUT2D eigenvalue weighted by Gasteiger charge is -2.62.